The number of fused-ring (bicyclic) bond motifs is 1. The van der Waals surface area contributed by atoms with E-state index < -0.39 is 0 Å². The maximum Gasteiger partial charge on any atom is 0.268 e. The van der Waals surface area contributed by atoms with Crippen LogP contribution < -0.4 is 21.3 Å². The number of nitriles is 1. The van der Waals surface area contributed by atoms with Crippen molar-refractivity contribution in [2.45, 2.75) is 26.3 Å². The highest BCUT2D eigenvalue weighted by Gasteiger charge is 2.24. The zero-order chi connectivity index (χ0) is 22.3. The van der Waals surface area contributed by atoms with Crippen molar-refractivity contribution in [2.24, 2.45) is 0 Å². The fourth-order valence-corrected chi connectivity index (χ4v) is 4.43. The van der Waals surface area contributed by atoms with Crippen molar-refractivity contribution >= 4 is 22.4 Å². The van der Waals surface area contributed by atoms with E-state index in [9.17, 15) is 10.1 Å². The van der Waals surface area contributed by atoms with Crippen molar-refractivity contribution < 1.29 is 4.74 Å². The largest absolute Gasteiger partial charge is 0.496 e. The lowest BCUT2D eigenvalue weighted by atomic mass is 10.0. The van der Waals surface area contributed by atoms with Gasteiger partial charge >= 0.3 is 0 Å². The number of anilines is 2. The summed E-state index contributed by atoms with van der Waals surface area (Å²) in [5.41, 5.74) is 9.49. The van der Waals surface area contributed by atoms with Crippen LogP contribution in [0.25, 0.3) is 16.6 Å². The van der Waals surface area contributed by atoms with Crippen molar-refractivity contribution in [1.29, 1.82) is 5.26 Å². The van der Waals surface area contributed by atoms with Crippen LogP contribution in [-0.2, 0) is 0 Å². The number of benzene rings is 1. The van der Waals surface area contributed by atoms with Gasteiger partial charge in [-0.2, -0.15) is 5.26 Å². The van der Waals surface area contributed by atoms with Crippen molar-refractivity contribution in [3.05, 3.63) is 51.4 Å². The van der Waals surface area contributed by atoms with Gasteiger partial charge in [-0.05, 0) is 51.6 Å². The molecular weight excluding hydrogens is 392 g/mol. The van der Waals surface area contributed by atoms with Gasteiger partial charge in [-0.25, -0.2) is 0 Å². The molecule has 3 aromatic rings. The fraction of sp³-hybridized carbons (Fsp3) is 0.348. The van der Waals surface area contributed by atoms with Crippen LogP contribution in [0.15, 0.2) is 29.2 Å². The zero-order valence-electron chi connectivity index (χ0n) is 18.2. The number of likely N-dealkylation sites (tertiary alicyclic amines) is 1. The fourth-order valence-electron chi connectivity index (χ4n) is 4.43. The Morgan fingerprint density at radius 2 is 2.10 bits per heavy atom. The number of methoxy groups -OCH3 is 1. The molecule has 1 aliphatic rings. The van der Waals surface area contributed by atoms with Gasteiger partial charge in [0.2, 0.25) is 0 Å². The highest BCUT2D eigenvalue weighted by Crippen LogP contribution is 2.32. The number of nitrogens with zero attached hydrogens (tertiary/aromatic N) is 4. The van der Waals surface area contributed by atoms with Gasteiger partial charge in [-0.1, -0.05) is 6.07 Å². The van der Waals surface area contributed by atoms with Crippen LogP contribution >= 0.6 is 0 Å². The predicted octanol–water partition coefficient (Wildman–Crippen LogP) is 2.58. The molecule has 3 heterocycles. The second kappa shape index (κ2) is 7.93. The normalized spacial score (nSPS) is 16.4. The third kappa shape index (κ3) is 3.37. The summed E-state index contributed by atoms with van der Waals surface area (Å²) < 4.78 is 6.88. The number of rotatable bonds is 4. The van der Waals surface area contributed by atoms with Gasteiger partial charge in [-0.3, -0.25) is 14.3 Å². The lowest BCUT2D eigenvalue weighted by molar-refractivity contribution is 0.411. The van der Waals surface area contributed by atoms with E-state index in [1.165, 1.54) is 4.57 Å². The van der Waals surface area contributed by atoms with Crippen molar-refractivity contribution in [2.75, 3.05) is 38.3 Å². The first-order chi connectivity index (χ1) is 14.9. The Kier molecular flexibility index (Phi) is 5.29. The summed E-state index contributed by atoms with van der Waals surface area (Å²) in [6.07, 6.45) is 2.58. The molecule has 8 nitrogen and oxygen atoms in total. The number of aryl methyl sites for hydroxylation is 1. The van der Waals surface area contributed by atoms with Crippen LogP contribution in [-0.4, -0.2) is 47.7 Å². The molecule has 1 aliphatic heterocycles. The second-order valence-electron chi connectivity index (χ2n) is 8.05. The number of likely N-dealkylation sites (N-methyl/N-ethyl adjacent to an activating group) is 1. The summed E-state index contributed by atoms with van der Waals surface area (Å²) in [5, 5.41) is 13.7. The molecule has 0 radical (unpaired) electrons. The molecule has 4 rings (SSSR count). The van der Waals surface area contributed by atoms with Crippen LogP contribution in [0.5, 0.6) is 5.75 Å². The quantitative estimate of drug-likeness (QED) is 0.670. The van der Waals surface area contributed by atoms with E-state index >= 15 is 0 Å². The molecule has 0 saturated carbocycles. The average Bonchev–Trinajstić information content (AvgIpc) is 3.15. The van der Waals surface area contributed by atoms with Gasteiger partial charge in [0.25, 0.3) is 5.56 Å². The number of aromatic nitrogens is 2. The third-order valence-electron chi connectivity index (χ3n) is 5.99. The molecule has 0 amide bonds. The lowest BCUT2D eigenvalue weighted by Crippen LogP contribution is -2.28. The topological polar surface area (TPSA) is 109 Å². The molecule has 1 atom stereocenters. The van der Waals surface area contributed by atoms with Gasteiger partial charge in [0.05, 0.1) is 29.4 Å². The third-order valence-corrected chi connectivity index (χ3v) is 5.99. The van der Waals surface area contributed by atoms with E-state index in [0.717, 1.165) is 30.6 Å². The van der Waals surface area contributed by atoms with Crippen molar-refractivity contribution in [3.63, 3.8) is 0 Å². The summed E-state index contributed by atoms with van der Waals surface area (Å²) in [6, 6.07) is 7.89. The average molecular weight is 419 g/mol. The van der Waals surface area contributed by atoms with Crippen molar-refractivity contribution in [1.82, 2.24) is 14.5 Å². The minimum Gasteiger partial charge on any atom is -0.496 e. The van der Waals surface area contributed by atoms with Crippen LogP contribution in [0.2, 0.25) is 0 Å². The molecule has 3 N–H and O–H groups in total. The van der Waals surface area contributed by atoms with Gasteiger partial charge in [0.15, 0.2) is 0 Å². The number of nitrogens with two attached hydrogens (primary N) is 1. The zero-order valence-corrected chi connectivity index (χ0v) is 18.2. The smallest absolute Gasteiger partial charge is 0.268 e. The minimum absolute atomic E-state index is 0.0738. The maximum absolute atomic E-state index is 13.8. The molecule has 2 aromatic heterocycles. The Bertz CT molecular complexity index is 1270. The van der Waals surface area contributed by atoms with Gasteiger partial charge < -0.3 is 20.7 Å². The molecule has 0 aliphatic carbocycles. The standard InChI is InChI=1S/C23H26N6O2/c1-13-5-6-18(31-4)14(2)21(13)29-22(25)16(11-24)20-19(23(29)30)17(7-9-26-20)27-15-8-10-28(3)12-15/h5-7,9,15H,8,10,12,25H2,1-4H3,(H,26,27)/t15-/m1/s1. The van der Waals surface area contributed by atoms with Gasteiger partial charge in [-0.15, -0.1) is 0 Å². The molecule has 0 unspecified atom stereocenters. The number of hydrogen-bond acceptors (Lipinski definition) is 7. The van der Waals surface area contributed by atoms with Gasteiger partial charge in [0.1, 0.15) is 23.2 Å². The van der Waals surface area contributed by atoms with E-state index in [-0.39, 0.29) is 23.0 Å². The molecular formula is C23H26N6O2. The second-order valence-corrected chi connectivity index (χ2v) is 8.05. The number of ether oxygens (including phenoxy) is 1. The first-order valence-corrected chi connectivity index (χ1v) is 10.2. The van der Waals surface area contributed by atoms with E-state index in [0.29, 0.717) is 28.0 Å². The molecule has 31 heavy (non-hydrogen) atoms. The summed E-state index contributed by atoms with van der Waals surface area (Å²) in [7, 11) is 3.65. The molecule has 8 heteroatoms. The highest BCUT2D eigenvalue weighted by molar-refractivity contribution is 5.96. The predicted molar refractivity (Wildman–Crippen MR) is 122 cm³/mol. The Morgan fingerprint density at radius 1 is 1.32 bits per heavy atom. The van der Waals surface area contributed by atoms with Crippen LogP contribution in [0.4, 0.5) is 11.5 Å². The first kappa shape index (κ1) is 20.7. The van der Waals surface area contributed by atoms with Crippen LogP contribution in [0, 0.1) is 25.2 Å². The summed E-state index contributed by atoms with van der Waals surface area (Å²) in [6.45, 7) is 5.65. The SMILES string of the molecule is COc1ccc(C)c(-n2c(N)c(C#N)c3nccc(N[C@@H]4CCN(C)C4)c3c2=O)c1C. The van der Waals surface area contributed by atoms with E-state index in [1.54, 1.807) is 19.4 Å². The Labute approximate surface area is 180 Å². The van der Waals surface area contributed by atoms with E-state index in [2.05, 4.69) is 28.3 Å². The summed E-state index contributed by atoms with van der Waals surface area (Å²) in [4.78, 5) is 20.4. The number of hydrogen-bond donors (Lipinski definition) is 2. The van der Waals surface area contributed by atoms with Crippen molar-refractivity contribution in [3.8, 4) is 17.5 Å². The molecule has 1 aromatic carbocycles. The maximum atomic E-state index is 13.8. The number of nitrogens with one attached hydrogen (secondary N) is 1. The van der Waals surface area contributed by atoms with E-state index in [4.69, 9.17) is 10.5 Å². The number of pyridine rings is 2. The Hall–Kier alpha value is -3.57. The summed E-state index contributed by atoms with van der Waals surface area (Å²) in [5.74, 6) is 0.716. The lowest BCUT2D eigenvalue weighted by Gasteiger charge is -2.21. The molecule has 160 valence electrons. The molecule has 0 spiro atoms. The summed E-state index contributed by atoms with van der Waals surface area (Å²) >= 11 is 0. The highest BCUT2D eigenvalue weighted by atomic mass is 16.5. The number of nitrogen functional groups attached to an aromatic ring is 1. The van der Waals surface area contributed by atoms with E-state index in [1.807, 2.05) is 26.0 Å². The monoisotopic (exact) mass is 418 g/mol. The van der Waals surface area contributed by atoms with Crippen LogP contribution in [0.3, 0.4) is 0 Å². The minimum atomic E-state index is -0.312. The van der Waals surface area contributed by atoms with Crippen LogP contribution in [0.1, 0.15) is 23.1 Å². The molecule has 1 saturated heterocycles. The first-order valence-electron chi connectivity index (χ1n) is 10.2. The van der Waals surface area contributed by atoms with Gasteiger partial charge in [0, 0.05) is 24.3 Å². The molecule has 0 bridgehead atoms. The molecule has 1 fully saturated rings. The Morgan fingerprint density at radius 3 is 2.74 bits per heavy atom. The Balaban J connectivity index is 2.04.